The van der Waals surface area contributed by atoms with E-state index in [-0.39, 0.29) is 5.91 Å². The Morgan fingerprint density at radius 1 is 1.07 bits per heavy atom. The van der Waals surface area contributed by atoms with Crippen LogP contribution in [0.3, 0.4) is 0 Å². The molecule has 2 aliphatic heterocycles. The first kappa shape index (κ1) is 18.2. The molecule has 3 aromatic rings. The molecule has 0 N–H and O–H groups in total. The predicted molar refractivity (Wildman–Crippen MR) is 111 cm³/mol. The lowest BCUT2D eigenvalue weighted by Crippen LogP contribution is -2.41. The van der Waals surface area contributed by atoms with Gasteiger partial charge in [0, 0.05) is 37.8 Å². The third-order valence-electron chi connectivity index (χ3n) is 5.26. The van der Waals surface area contributed by atoms with Gasteiger partial charge in [-0.1, -0.05) is 12.1 Å². The van der Waals surface area contributed by atoms with Crippen LogP contribution in [-0.4, -0.2) is 58.6 Å². The highest BCUT2D eigenvalue weighted by atomic mass is 32.1. The van der Waals surface area contributed by atoms with E-state index in [1.54, 1.807) is 6.20 Å². The number of morpholine rings is 1. The lowest BCUT2D eigenvalue weighted by molar-refractivity contribution is 0.0738. The Hall–Kier alpha value is -2.84. The van der Waals surface area contributed by atoms with Crippen LogP contribution in [0.1, 0.15) is 20.9 Å². The molecule has 148 valence electrons. The van der Waals surface area contributed by atoms with E-state index >= 15 is 0 Å². The van der Waals surface area contributed by atoms with Gasteiger partial charge in [-0.05, 0) is 23.6 Å². The molecule has 1 fully saturated rings. The second-order valence-corrected chi connectivity index (χ2v) is 8.01. The maximum atomic E-state index is 12.9. The van der Waals surface area contributed by atoms with Gasteiger partial charge in [0.25, 0.3) is 5.91 Å². The van der Waals surface area contributed by atoms with Crippen molar-refractivity contribution in [2.24, 2.45) is 0 Å². The number of thiophene rings is 1. The fourth-order valence-electron chi connectivity index (χ4n) is 3.77. The fraction of sp³-hybridized carbons (Fsp3) is 0.333. The van der Waals surface area contributed by atoms with Crippen LogP contribution >= 0.6 is 11.3 Å². The van der Waals surface area contributed by atoms with Crippen LogP contribution in [0.2, 0.25) is 0 Å². The Bertz CT molecular complexity index is 1000. The van der Waals surface area contributed by atoms with Gasteiger partial charge in [-0.15, -0.1) is 11.3 Å². The third kappa shape index (κ3) is 3.61. The van der Waals surface area contributed by atoms with Crippen molar-refractivity contribution < 1.29 is 9.53 Å². The Morgan fingerprint density at radius 3 is 2.72 bits per heavy atom. The number of carbonyl (C=O) groups is 1. The Balaban J connectivity index is 1.54. The lowest BCUT2D eigenvalue weighted by Gasteiger charge is -2.34. The third-order valence-corrected chi connectivity index (χ3v) is 6.12. The minimum atomic E-state index is 0.0763. The molecule has 0 atom stereocenters. The Kier molecular flexibility index (Phi) is 4.95. The first-order valence-corrected chi connectivity index (χ1v) is 10.6. The average molecular weight is 407 g/mol. The van der Waals surface area contributed by atoms with Crippen LogP contribution in [0.15, 0.2) is 41.9 Å². The smallest absolute Gasteiger partial charge is 0.264 e. The summed E-state index contributed by atoms with van der Waals surface area (Å²) >= 11 is 1.48. The van der Waals surface area contributed by atoms with Crippen molar-refractivity contribution in [2.75, 3.05) is 37.7 Å². The highest BCUT2D eigenvalue weighted by molar-refractivity contribution is 7.12. The zero-order valence-electron chi connectivity index (χ0n) is 16.0. The van der Waals surface area contributed by atoms with Gasteiger partial charge < -0.3 is 14.5 Å². The summed E-state index contributed by atoms with van der Waals surface area (Å²) in [4.78, 5) is 32.0. The number of nitrogens with zero attached hydrogens (tertiary/aromatic N) is 5. The zero-order chi connectivity index (χ0) is 19.6. The molecule has 2 aliphatic rings. The quantitative estimate of drug-likeness (QED) is 0.665. The standard InChI is InChI=1S/C21H21N5O2S/c27-21(18-5-3-13-29-18)26-8-6-16-15(14-26)20(25-9-11-28-12-10-25)24-19(23-16)17-4-1-2-7-22-17/h1-5,7,13H,6,8-12,14H2. The van der Waals surface area contributed by atoms with Gasteiger partial charge in [-0.3, -0.25) is 9.78 Å². The predicted octanol–water partition coefficient (Wildman–Crippen LogP) is 2.64. The molecule has 5 heterocycles. The van der Waals surface area contributed by atoms with Gasteiger partial charge in [0.05, 0.1) is 30.3 Å². The molecule has 29 heavy (non-hydrogen) atoms. The number of rotatable bonds is 3. The fourth-order valence-corrected chi connectivity index (χ4v) is 4.46. The Labute approximate surface area is 173 Å². The molecule has 0 saturated carbocycles. The molecular weight excluding hydrogens is 386 g/mol. The number of anilines is 1. The summed E-state index contributed by atoms with van der Waals surface area (Å²) in [5, 5.41) is 1.94. The van der Waals surface area contributed by atoms with E-state index in [4.69, 9.17) is 14.7 Å². The topological polar surface area (TPSA) is 71.5 Å². The van der Waals surface area contributed by atoms with Gasteiger partial charge in [0.2, 0.25) is 0 Å². The summed E-state index contributed by atoms with van der Waals surface area (Å²) in [5.41, 5.74) is 2.82. The molecule has 0 aliphatic carbocycles. The normalized spacial score (nSPS) is 16.6. The number of hydrogen-bond donors (Lipinski definition) is 0. The molecule has 7 nitrogen and oxygen atoms in total. The van der Waals surface area contributed by atoms with Crippen LogP contribution in [0.5, 0.6) is 0 Å². The number of fused-ring (bicyclic) bond motifs is 1. The van der Waals surface area contributed by atoms with Gasteiger partial charge >= 0.3 is 0 Å². The van der Waals surface area contributed by atoms with Crippen LogP contribution in [0.4, 0.5) is 5.82 Å². The number of amides is 1. The van der Waals surface area contributed by atoms with Gasteiger partial charge in [0.1, 0.15) is 11.5 Å². The molecule has 5 rings (SSSR count). The molecule has 1 saturated heterocycles. The second-order valence-electron chi connectivity index (χ2n) is 7.06. The summed E-state index contributed by atoms with van der Waals surface area (Å²) in [6.45, 7) is 4.10. The summed E-state index contributed by atoms with van der Waals surface area (Å²) in [6, 6.07) is 9.56. The molecular formula is C21H21N5O2S. The summed E-state index contributed by atoms with van der Waals surface area (Å²) < 4.78 is 5.53. The van der Waals surface area contributed by atoms with Crippen LogP contribution in [0, 0.1) is 0 Å². The van der Waals surface area contributed by atoms with Crippen molar-refractivity contribution in [1.29, 1.82) is 0 Å². The van der Waals surface area contributed by atoms with Crippen molar-refractivity contribution >= 4 is 23.1 Å². The van der Waals surface area contributed by atoms with Crippen molar-refractivity contribution in [2.45, 2.75) is 13.0 Å². The van der Waals surface area contributed by atoms with E-state index < -0.39 is 0 Å². The zero-order valence-corrected chi connectivity index (χ0v) is 16.8. The monoisotopic (exact) mass is 407 g/mol. The van der Waals surface area contributed by atoms with Crippen molar-refractivity contribution in [1.82, 2.24) is 19.9 Å². The first-order chi connectivity index (χ1) is 14.3. The number of pyridine rings is 1. The lowest BCUT2D eigenvalue weighted by atomic mass is 10.0. The maximum Gasteiger partial charge on any atom is 0.264 e. The number of carbonyl (C=O) groups excluding carboxylic acids is 1. The van der Waals surface area contributed by atoms with E-state index in [0.29, 0.717) is 38.5 Å². The van der Waals surface area contributed by atoms with Crippen LogP contribution in [-0.2, 0) is 17.7 Å². The molecule has 3 aromatic heterocycles. The molecule has 0 bridgehead atoms. The Morgan fingerprint density at radius 2 is 1.97 bits per heavy atom. The van der Waals surface area contributed by atoms with E-state index in [1.807, 2.05) is 40.6 Å². The van der Waals surface area contributed by atoms with E-state index in [0.717, 1.165) is 40.7 Å². The van der Waals surface area contributed by atoms with Gasteiger partial charge in [0.15, 0.2) is 5.82 Å². The van der Waals surface area contributed by atoms with Crippen molar-refractivity contribution in [3.8, 4) is 11.5 Å². The van der Waals surface area contributed by atoms with Crippen molar-refractivity contribution in [3.63, 3.8) is 0 Å². The SMILES string of the molecule is O=C(c1cccs1)N1CCc2nc(-c3ccccn3)nc(N3CCOCC3)c2C1. The highest BCUT2D eigenvalue weighted by Crippen LogP contribution is 2.30. The molecule has 1 amide bonds. The minimum Gasteiger partial charge on any atom is -0.378 e. The number of aromatic nitrogens is 3. The summed E-state index contributed by atoms with van der Waals surface area (Å²) in [5.74, 6) is 1.62. The highest BCUT2D eigenvalue weighted by Gasteiger charge is 2.29. The molecule has 0 unspecified atom stereocenters. The molecule has 0 aromatic carbocycles. The largest absolute Gasteiger partial charge is 0.378 e. The minimum absolute atomic E-state index is 0.0763. The van der Waals surface area contributed by atoms with E-state index in [1.165, 1.54) is 11.3 Å². The molecule has 0 radical (unpaired) electrons. The van der Waals surface area contributed by atoms with Crippen LogP contribution < -0.4 is 4.90 Å². The average Bonchev–Trinajstić information content (AvgIpc) is 3.34. The van der Waals surface area contributed by atoms with Crippen LogP contribution in [0.25, 0.3) is 11.5 Å². The summed E-state index contributed by atoms with van der Waals surface area (Å²) in [7, 11) is 0. The van der Waals surface area contributed by atoms with E-state index in [9.17, 15) is 4.79 Å². The summed E-state index contributed by atoms with van der Waals surface area (Å²) in [6.07, 6.45) is 2.47. The first-order valence-electron chi connectivity index (χ1n) is 9.76. The van der Waals surface area contributed by atoms with Gasteiger partial charge in [-0.2, -0.15) is 0 Å². The molecule has 0 spiro atoms. The molecule has 8 heteroatoms. The van der Waals surface area contributed by atoms with Gasteiger partial charge in [-0.25, -0.2) is 9.97 Å². The van der Waals surface area contributed by atoms with Crippen molar-refractivity contribution in [3.05, 3.63) is 58.0 Å². The second kappa shape index (κ2) is 7.88. The number of hydrogen-bond acceptors (Lipinski definition) is 7. The number of ether oxygens (including phenoxy) is 1. The maximum absolute atomic E-state index is 12.9. The van der Waals surface area contributed by atoms with E-state index in [2.05, 4.69) is 9.88 Å².